The maximum absolute atomic E-state index is 12.5. The zero-order chi connectivity index (χ0) is 18.4. The zero-order valence-electron chi connectivity index (χ0n) is 16.2. The van der Waals surface area contributed by atoms with Crippen LogP contribution in [0.1, 0.15) is 67.2 Å². The Balaban J connectivity index is 3.05. The van der Waals surface area contributed by atoms with Crippen LogP contribution in [0.5, 0.6) is 0 Å². The maximum Gasteiger partial charge on any atom is 0.462 e. The molecule has 1 heterocycles. The van der Waals surface area contributed by atoms with Crippen molar-refractivity contribution in [3.8, 4) is 0 Å². The molecule has 1 rings (SSSR count). The lowest BCUT2D eigenvalue weighted by Crippen LogP contribution is -2.41. The summed E-state index contributed by atoms with van der Waals surface area (Å²) in [6, 6.07) is 0. The van der Waals surface area contributed by atoms with Gasteiger partial charge in [0.2, 0.25) is 0 Å². The molecule has 0 aromatic carbocycles. The lowest BCUT2D eigenvalue weighted by Gasteiger charge is -2.32. The third-order valence-electron chi connectivity index (χ3n) is 4.84. The molecule has 24 heavy (non-hydrogen) atoms. The Bertz CT molecular complexity index is 464. The van der Waals surface area contributed by atoms with Crippen molar-refractivity contribution < 1.29 is 18.8 Å². The maximum atomic E-state index is 12.5. The molecule has 0 bridgehead atoms. The molecule has 0 saturated carbocycles. The normalized spacial score (nSPS) is 19.8. The quantitative estimate of drug-likeness (QED) is 0.265. The van der Waals surface area contributed by atoms with Crippen molar-refractivity contribution in [2.45, 2.75) is 84.7 Å². The Labute approximate surface area is 147 Å². The van der Waals surface area contributed by atoms with E-state index in [1.165, 1.54) is 0 Å². The van der Waals surface area contributed by atoms with E-state index in [1.807, 2.05) is 40.7 Å². The largest absolute Gasteiger partial charge is 0.463 e. The molecule has 136 valence electrons. The molecule has 0 amide bonds. The van der Waals surface area contributed by atoms with Gasteiger partial charge in [0.05, 0.1) is 17.8 Å². The monoisotopic (exact) mass is 336 g/mol. The van der Waals surface area contributed by atoms with E-state index in [1.54, 1.807) is 0 Å². The summed E-state index contributed by atoms with van der Waals surface area (Å²) in [6.45, 7) is 16.2. The second-order valence-corrected chi connectivity index (χ2v) is 7.29. The lowest BCUT2D eigenvalue weighted by molar-refractivity contribution is -0.138. The van der Waals surface area contributed by atoms with Crippen LogP contribution in [0.25, 0.3) is 0 Å². The third kappa shape index (κ3) is 5.22. The second kappa shape index (κ2) is 8.86. The zero-order valence-corrected chi connectivity index (χ0v) is 16.2. The molecule has 4 nitrogen and oxygen atoms in total. The fourth-order valence-electron chi connectivity index (χ4n) is 2.75. The van der Waals surface area contributed by atoms with Gasteiger partial charge in [0.15, 0.2) is 0 Å². The number of carbonyl (C=O) groups is 1. The summed E-state index contributed by atoms with van der Waals surface area (Å²) in [6.07, 6.45) is 5.93. The number of esters is 1. The van der Waals surface area contributed by atoms with Crippen LogP contribution in [-0.4, -0.2) is 30.9 Å². The molecule has 5 heteroatoms. The minimum Gasteiger partial charge on any atom is -0.463 e. The van der Waals surface area contributed by atoms with Gasteiger partial charge in [0.25, 0.3) is 0 Å². The predicted molar refractivity (Wildman–Crippen MR) is 98.9 cm³/mol. The highest BCUT2D eigenvalue weighted by atomic mass is 16.7. The molecule has 0 unspecified atom stereocenters. The summed E-state index contributed by atoms with van der Waals surface area (Å²) in [5.74, 6) is -0.264. The van der Waals surface area contributed by atoms with E-state index in [4.69, 9.17) is 14.0 Å². The van der Waals surface area contributed by atoms with E-state index in [-0.39, 0.29) is 5.97 Å². The Morgan fingerprint density at radius 3 is 2.21 bits per heavy atom. The van der Waals surface area contributed by atoms with Crippen molar-refractivity contribution in [2.24, 2.45) is 0 Å². The van der Waals surface area contributed by atoms with Crippen molar-refractivity contribution in [1.29, 1.82) is 0 Å². The van der Waals surface area contributed by atoms with Crippen LogP contribution in [0.3, 0.4) is 0 Å². The summed E-state index contributed by atoms with van der Waals surface area (Å²) in [4.78, 5) is 12.5. The highest BCUT2D eigenvalue weighted by molar-refractivity contribution is 6.47. The molecule has 1 saturated heterocycles. The second-order valence-electron chi connectivity index (χ2n) is 7.29. The molecule has 0 spiro atoms. The van der Waals surface area contributed by atoms with Crippen molar-refractivity contribution >= 4 is 13.1 Å². The van der Waals surface area contributed by atoms with Gasteiger partial charge in [-0.3, -0.25) is 0 Å². The number of ether oxygens (including phenoxy) is 1. The van der Waals surface area contributed by atoms with E-state index in [9.17, 15) is 4.79 Å². The molecule has 1 aliphatic heterocycles. The molecule has 0 aliphatic carbocycles. The predicted octanol–water partition coefficient (Wildman–Crippen LogP) is 4.70. The van der Waals surface area contributed by atoms with E-state index in [0.29, 0.717) is 24.9 Å². The molecule has 0 N–H and O–H groups in total. The first-order chi connectivity index (χ1) is 11.2. The topological polar surface area (TPSA) is 44.8 Å². The summed E-state index contributed by atoms with van der Waals surface area (Å²) in [7, 11) is -0.434. The van der Waals surface area contributed by atoms with Gasteiger partial charge in [-0.1, -0.05) is 25.0 Å². The first kappa shape index (κ1) is 21.0. The Kier molecular flexibility index (Phi) is 7.75. The molecule has 1 fully saturated rings. The minimum absolute atomic E-state index is 0.264. The van der Waals surface area contributed by atoms with Crippen LogP contribution in [-0.2, 0) is 18.8 Å². The van der Waals surface area contributed by atoms with Gasteiger partial charge >= 0.3 is 13.1 Å². The van der Waals surface area contributed by atoms with Crippen molar-refractivity contribution in [1.82, 2.24) is 0 Å². The molecule has 0 atom stereocenters. The Morgan fingerprint density at radius 1 is 1.17 bits per heavy atom. The van der Waals surface area contributed by atoms with Gasteiger partial charge in [-0.05, 0) is 53.9 Å². The highest BCUT2D eigenvalue weighted by Crippen LogP contribution is 2.39. The summed E-state index contributed by atoms with van der Waals surface area (Å²) in [5, 5.41) is 0. The first-order valence-corrected chi connectivity index (χ1v) is 9.03. The van der Waals surface area contributed by atoms with Crippen LogP contribution >= 0.6 is 0 Å². The van der Waals surface area contributed by atoms with Gasteiger partial charge in [0, 0.05) is 11.9 Å². The number of hydrogen-bond donors (Lipinski definition) is 0. The number of allylic oxidation sites excluding steroid dienone is 2. The van der Waals surface area contributed by atoms with E-state index in [2.05, 4.69) is 13.5 Å². The van der Waals surface area contributed by atoms with Crippen LogP contribution < -0.4 is 0 Å². The molecule has 0 radical (unpaired) electrons. The standard InChI is InChI=1S/C19H33BO4/c1-8-11-13-15(12-9-2)16(17(21)22-10-3)14-20-23-18(4,5)19(6,7)24-20/h9H,2,8,10-14H2,1,3-7H3/b16-15-. The minimum atomic E-state index is -0.434. The first-order valence-electron chi connectivity index (χ1n) is 9.03. The van der Waals surface area contributed by atoms with Crippen LogP contribution in [0, 0.1) is 0 Å². The molecule has 0 aromatic heterocycles. The van der Waals surface area contributed by atoms with Crippen molar-refractivity contribution in [2.75, 3.05) is 6.61 Å². The smallest absolute Gasteiger partial charge is 0.462 e. The fraction of sp³-hybridized carbons (Fsp3) is 0.737. The van der Waals surface area contributed by atoms with E-state index in [0.717, 1.165) is 24.8 Å². The van der Waals surface area contributed by atoms with Gasteiger partial charge in [-0.25, -0.2) is 4.79 Å². The van der Waals surface area contributed by atoms with Crippen LogP contribution in [0.15, 0.2) is 23.8 Å². The highest BCUT2D eigenvalue weighted by Gasteiger charge is 2.51. The molecule has 1 aliphatic rings. The molecular formula is C19H33BO4. The van der Waals surface area contributed by atoms with Crippen molar-refractivity contribution in [3.63, 3.8) is 0 Å². The van der Waals surface area contributed by atoms with E-state index >= 15 is 0 Å². The van der Waals surface area contributed by atoms with Gasteiger partial charge in [-0.15, -0.1) is 6.58 Å². The number of hydrogen-bond acceptors (Lipinski definition) is 4. The van der Waals surface area contributed by atoms with Crippen molar-refractivity contribution in [3.05, 3.63) is 23.8 Å². The number of unbranched alkanes of at least 4 members (excludes halogenated alkanes) is 1. The average molecular weight is 336 g/mol. The SMILES string of the molecule is C=CC/C(CCCC)=C(\CB1OC(C)(C)C(C)(C)O1)C(=O)OCC. The average Bonchev–Trinajstić information content (AvgIpc) is 2.69. The lowest BCUT2D eigenvalue weighted by atomic mass is 9.77. The third-order valence-corrected chi connectivity index (χ3v) is 4.84. The van der Waals surface area contributed by atoms with Crippen LogP contribution in [0.2, 0.25) is 6.32 Å². The molecular weight excluding hydrogens is 303 g/mol. The summed E-state index contributed by atoms with van der Waals surface area (Å²) < 4.78 is 17.4. The van der Waals surface area contributed by atoms with Gasteiger partial charge < -0.3 is 14.0 Å². The number of rotatable bonds is 9. The van der Waals surface area contributed by atoms with Gasteiger partial charge in [-0.2, -0.15) is 0 Å². The summed E-state index contributed by atoms with van der Waals surface area (Å²) >= 11 is 0. The molecule has 0 aromatic rings. The number of carbonyl (C=O) groups excluding carboxylic acids is 1. The van der Waals surface area contributed by atoms with E-state index < -0.39 is 18.3 Å². The Morgan fingerprint density at radius 2 is 1.75 bits per heavy atom. The summed E-state index contributed by atoms with van der Waals surface area (Å²) in [5.41, 5.74) is 0.961. The van der Waals surface area contributed by atoms with Gasteiger partial charge in [0.1, 0.15) is 0 Å². The van der Waals surface area contributed by atoms with Crippen LogP contribution in [0.4, 0.5) is 0 Å². The fourth-order valence-corrected chi connectivity index (χ4v) is 2.75. The Hall–Kier alpha value is -1.07.